The Balaban J connectivity index is 1.55. The Morgan fingerprint density at radius 1 is 1.19 bits per heavy atom. The van der Waals surface area contributed by atoms with Crippen molar-refractivity contribution in [1.82, 2.24) is 19.7 Å². The molecular weight excluding hydrogens is 348 g/mol. The maximum absolute atomic E-state index is 12.6. The fourth-order valence-corrected chi connectivity index (χ4v) is 4.17. The molecule has 0 bridgehead atoms. The number of rotatable bonds is 6. The molecule has 1 aromatic heterocycles. The molecule has 6 nitrogen and oxygen atoms in total. The third-order valence-corrected chi connectivity index (χ3v) is 5.85. The van der Waals surface area contributed by atoms with Crippen LogP contribution in [0.15, 0.2) is 35.5 Å². The number of hydrogen-bond acceptors (Lipinski definition) is 5. The van der Waals surface area contributed by atoms with Crippen molar-refractivity contribution >= 4 is 17.7 Å². The van der Waals surface area contributed by atoms with Crippen molar-refractivity contribution in [3.05, 3.63) is 36.2 Å². The Labute approximate surface area is 158 Å². The van der Waals surface area contributed by atoms with Crippen LogP contribution in [0.5, 0.6) is 5.75 Å². The van der Waals surface area contributed by atoms with Gasteiger partial charge in [0.25, 0.3) is 0 Å². The second-order valence-corrected chi connectivity index (χ2v) is 7.72. The Bertz CT molecular complexity index is 724. The van der Waals surface area contributed by atoms with Crippen LogP contribution >= 0.6 is 11.8 Å². The van der Waals surface area contributed by atoms with E-state index in [-0.39, 0.29) is 5.91 Å². The van der Waals surface area contributed by atoms with Gasteiger partial charge in [0.1, 0.15) is 12.4 Å². The van der Waals surface area contributed by atoms with Gasteiger partial charge in [0.2, 0.25) is 5.91 Å². The van der Waals surface area contributed by atoms with Crippen molar-refractivity contribution in [2.75, 3.05) is 5.75 Å². The van der Waals surface area contributed by atoms with E-state index in [1.54, 1.807) is 0 Å². The van der Waals surface area contributed by atoms with Crippen LogP contribution < -0.4 is 4.74 Å². The molecule has 0 aliphatic carbocycles. The first-order valence-electron chi connectivity index (χ1n) is 9.06. The summed E-state index contributed by atoms with van der Waals surface area (Å²) in [5, 5.41) is 9.14. The Hall–Kier alpha value is -2.02. The maximum atomic E-state index is 12.6. The third-order valence-electron chi connectivity index (χ3n) is 4.84. The molecule has 1 amide bonds. The average molecular weight is 375 g/mol. The van der Waals surface area contributed by atoms with Crippen LogP contribution in [0, 0.1) is 0 Å². The van der Waals surface area contributed by atoms with E-state index in [9.17, 15) is 4.79 Å². The minimum atomic E-state index is 0.180. The van der Waals surface area contributed by atoms with Gasteiger partial charge in [0.05, 0.1) is 5.75 Å². The van der Waals surface area contributed by atoms with Gasteiger partial charge in [-0.3, -0.25) is 4.79 Å². The predicted octanol–water partition coefficient (Wildman–Crippen LogP) is 3.28. The highest BCUT2D eigenvalue weighted by Crippen LogP contribution is 2.25. The predicted molar refractivity (Wildman–Crippen MR) is 102 cm³/mol. The molecule has 3 rings (SSSR count). The molecule has 1 aromatic carbocycles. The van der Waals surface area contributed by atoms with Gasteiger partial charge in [-0.2, -0.15) is 0 Å². The minimum Gasteiger partial charge on any atom is -0.486 e. The van der Waals surface area contributed by atoms with Crippen LogP contribution in [0.3, 0.4) is 0 Å². The molecule has 140 valence electrons. The van der Waals surface area contributed by atoms with Crippen molar-refractivity contribution < 1.29 is 9.53 Å². The summed E-state index contributed by atoms with van der Waals surface area (Å²) in [4.78, 5) is 14.7. The van der Waals surface area contributed by atoms with Crippen molar-refractivity contribution in [2.24, 2.45) is 7.05 Å². The number of carbonyl (C=O) groups excluding carboxylic acids is 1. The summed E-state index contributed by atoms with van der Waals surface area (Å²) in [5.74, 6) is 2.11. The topological polar surface area (TPSA) is 60.3 Å². The van der Waals surface area contributed by atoms with Crippen LogP contribution in [0.1, 0.15) is 38.9 Å². The Morgan fingerprint density at radius 2 is 1.88 bits per heavy atom. The lowest BCUT2D eigenvalue weighted by molar-refractivity contribution is -0.134. The minimum absolute atomic E-state index is 0.180. The highest BCUT2D eigenvalue weighted by molar-refractivity contribution is 7.99. The van der Waals surface area contributed by atoms with Gasteiger partial charge in [0.15, 0.2) is 11.0 Å². The van der Waals surface area contributed by atoms with Gasteiger partial charge in [0, 0.05) is 19.1 Å². The number of carbonyl (C=O) groups is 1. The second kappa shape index (κ2) is 8.58. The highest BCUT2D eigenvalue weighted by atomic mass is 32.2. The van der Waals surface area contributed by atoms with Crippen LogP contribution in [-0.4, -0.2) is 43.4 Å². The first kappa shape index (κ1) is 18.8. The number of thioether (sulfide) groups is 1. The molecular formula is C19H26N4O2S. The second-order valence-electron chi connectivity index (χ2n) is 6.78. The zero-order valence-electron chi connectivity index (χ0n) is 15.6. The number of aromatic nitrogens is 3. The average Bonchev–Trinajstić information content (AvgIpc) is 2.99. The van der Waals surface area contributed by atoms with E-state index in [0.717, 1.165) is 29.6 Å². The number of hydrogen-bond donors (Lipinski definition) is 0. The molecule has 2 atom stereocenters. The number of piperidine rings is 1. The lowest BCUT2D eigenvalue weighted by Crippen LogP contribution is -2.48. The van der Waals surface area contributed by atoms with Crippen molar-refractivity contribution in [3.63, 3.8) is 0 Å². The fraction of sp³-hybridized carbons (Fsp3) is 0.526. The number of para-hydroxylation sites is 1. The van der Waals surface area contributed by atoms with Gasteiger partial charge in [-0.15, -0.1) is 10.2 Å². The van der Waals surface area contributed by atoms with E-state index in [1.807, 2.05) is 46.8 Å². The van der Waals surface area contributed by atoms with Gasteiger partial charge >= 0.3 is 0 Å². The van der Waals surface area contributed by atoms with E-state index < -0.39 is 0 Å². The van der Waals surface area contributed by atoms with E-state index in [0.29, 0.717) is 24.4 Å². The van der Waals surface area contributed by atoms with E-state index in [2.05, 4.69) is 24.0 Å². The van der Waals surface area contributed by atoms with Crippen molar-refractivity contribution in [2.45, 2.75) is 57.0 Å². The molecule has 7 heteroatoms. The summed E-state index contributed by atoms with van der Waals surface area (Å²) >= 11 is 1.44. The Morgan fingerprint density at radius 3 is 2.58 bits per heavy atom. The molecule has 26 heavy (non-hydrogen) atoms. The SMILES string of the molecule is C[C@@H]1CCC[C@H](C)N1C(=O)CSc1nnc(COc2ccccc2)n1C. The van der Waals surface area contributed by atoms with Crippen molar-refractivity contribution in [1.29, 1.82) is 0 Å². The number of benzene rings is 1. The Kier molecular flexibility index (Phi) is 6.19. The molecule has 1 fully saturated rings. The van der Waals surface area contributed by atoms with Gasteiger partial charge < -0.3 is 14.2 Å². The lowest BCUT2D eigenvalue weighted by Gasteiger charge is -2.39. The molecule has 2 heterocycles. The van der Waals surface area contributed by atoms with Gasteiger partial charge in [-0.05, 0) is 45.2 Å². The first-order chi connectivity index (χ1) is 12.6. The summed E-state index contributed by atoms with van der Waals surface area (Å²) in [7, 11) is 1.91. The molecule has 1 aliphatic rings. The molecule has 1 aliphatic heterocycles. The molecule has 0 radical (unpaired) electrons. The summed E-state index contributed by atoms with van der Waals surface area (Å²) in [6.45, 7) is 4.63. The maximum Gasteiger partial charge on any atom is 0.233 e. The summed E-state index contributed by atoms with van der Waals surface area (Å²) in [5.41, 5.74) is 0. The summed E-state index contributed by atoms with van der Waals surface area (Å²) in [6, 6.07) is 10.3. The molecule has 0 unspecified atom stereocenters. The number of likely N-dealkylation sites (tertiary alicyclic amines) is 1. The zero-order valence-corrected chi connectivity index (χ0v) is 16.4. The highest BCUT2D eigenvalue weighted by Gasteiger charge is 2.29. The smallest absolute Gasteiger partial charge is 0.233 e. The molecule has 0 spiro atoms. The molecule has 0 N–H and O–H groups in total. The fourth-order valence-electron chi connectivity index (χ4n) is 3.37. The van der Waals surface area contributed by atoms with Crippen LogP contribution in [0.25, 0.3) is 0 Å². The number of nitrogens with zero attached hydrogens (tertiary/aromatic N) is 4. The summed E-state index contributed by atoms with van der Waals surface area (Å²) in [6.07, 6.45) is 3.38. The van der Waals surface area contributed by atoms with Crippen LogP contribution in [0.4, 0.5) is 0 Å². The largest absolute Gasteiger partial charge is 0.486 e. The van der Waals surface area contributed by atoms with Gasteiger partial charge in [-0.1, -0.05) is 30.0 Å². The van der Waals surface area contributed by atoms with Crippen LogP contribution in [-0.2, 0) is 18.4 Å². The van der Waals surface area contributed by atoms with Crippen LogP contribution in [0.2, 0.25) is 0 Å². The quantitative estimate of drug-likeness (QED) is 0.726. The van der Waals surface area contributed by atoms with E-state index in [4.69, 9.17) is 4.74 Å². The molecule has 1 saturated heterocycles. The number of ether oxygens (including phenoxy) is 1. The standard InChI is InChI=1S/C19H26N4O2S/c1-14-8-7-9-15(2)23(14)18(24)13-26-19-21-20-17(22(19)3)12-25-16-10-5-4-6-11-16/h4-6,10-11,14-15H,7-9,12-13H2,1-3H3/t14-,15+. The number of amides is 1. The normalized spacial score (nSPS) is 20.2. The summed E-state index contributed by atoms with van der Waals surface area (Å²) < 4.78 is 7.62. The first-order valence-corrected chi connectivity index (χ1v) is 10.0. The lowest BCUT2D eigenvalue weighted by atomic mass is 9.98. The van der Waals surface area contributed by atoms with E-state index >= 15 is 0 Å². The molecule has 0 saturated carbocycles. The van der Waals surface area contributed by atoms with Crippen molar-refractivity contribution in [3.8, 4) is 5.75 Å². The molecule has 2 aromatic rings. The van der Waals surface area contributed by atoms with Gasteiger partial charge in [-0.25, -0.2) is 0 Å². The third kappa shape index (κ3) is 4.38. The van der Waals surface area contributed by atoms with E-state index in [1.165, 1.54) is 18.2 Å². The monoisotopic (exact) mass is 374 g/mol. The zero-order chi connectivity index (χ0) is 18.5.